The van der Waals surface area contributed by atoms with Crippen molar-refractivity contribution in [3.05, 3.63) is 58.1 Å². The van der Waals surface area contributed by atoms with Gasteiger partial charge >= 0.3 is 5.97 Å². The van der Waals surface area contributed by atoms with Crippen LogP contribution in [-0.2, 0) is 9.59 Å². The molecule has 0 atom stereocenters. The number of hydrogen-bond donors (Lipinski definition) is 1. The van der Waals surface area contributed by atoms with Gasteiger partial charge in [-0.15, -0.1) is 0 Å². The summed E-state index contributed by atoms with van der Waals surface area (Å²) < 4.78 is 0.732. The van der Waals surface area contributed by atoms with Crippen molar-refractivity contribution in [3.8, 4) is 17.2 Å². The zero-order valence-electron chi connectivity index (χ0n) is 11.7. The number of carbonyl (C=O) groups is 3. The Morgan fingerprint density at radius 2 is 1.78 bits per heavy atom. The Hall–Kier alpha value is -2.78. The number of hydrogen-bond acceptors (Lipinski definition) is 4. The van der Waals surface area contributed by atoms with Crippen LogP contribution in [0.15, 0.2) is 46.9 Å². The summed E-state index contributed by atoms with van der Waals surface area (Å²) in [4.78, 5) is 34.1. The van der Waals surface area contributed by atoms with Gasteiger partial charge in [0.15, 0.2) is 5.78 Å². The van der Waals surface area contributed by atoms with Crippen molar-refractivity contribution in [3.63, 3.8) is 0 Å². The van der Waals surface area contributed by atoms with E-state index in [1.807, 2.05) is 0 Å². The lowest BCUT2D eigenvalue weighted by Gasteiger charge is -2.10. The van der Waals surface area contributed by atoms with Crippen LogP contribution in [0.25, 0.3) is 11.1 Å². The van der Waals surface area contributed by atoms with E-state index in [0.29, 0.717) is 16.7 Å². The third-order valence-electron chi connectivity index (χ3n) is 3.18. The van der Waals surface area contributed by atoms with Crippen LogP contribution in [-0.4, -0.2) is 22.6 Å². The smallest absolute Gasteiger partial charge is 0.372 e. The molecule has 0 aliphatic rings. The number of aliphatic carboxylic acids is 1. The van der Waals surface area contributed by atoms with E-state index in [9.17, 15) is 19.6 Å². The van der Waals surface area contributed by atoms with Crippen molar-refractivity contribution in [2.75, 3.05) is 0 Å². The minimum atomic E-state index is -1.64. The molecule has 2 aromatic rings. The van der Waals surface area contributed by atoms with Gasteiger partial charge in [0.25, 0.3) is 0 Å². The second kappa shape index (κ2) is 6.99. The van der Waals surface area contributed by atoms with Crippen molar-refractivity contribution >= 4 is 33.5 Å². The highest BCUT2D eigenvalue weighted by atomic mass is 79.9. The molecule has 6 heteroatoms. The number of carboxylic acids is 1. The molecule has 114 valence electrons. The summed E-state index contributed by atoms with van der Waals surface area (Å²) in [7, 11) is 0. The summed E-state index contributed by atoms with van der Waals surface area (Å²) in [6, 6.07) is 13.6. The molecule has 0 aromatic heterocycles. The second-order valence-corrected chi connectivity index (χ2v) is 5.59. The molecule has 0 bridgehead atoms. The van der Waals surface area contributed by atoms with E-state index in [1.54, 1.807) is 36.4 Å². The van der Waals surface area contributed by atoms with Crippen LogP contribution in [0.2, 0.25) is 0 Å². The molecule has 0 aliphatic carbocycles. The van der Waals surface area contributed by atoms with Gasteiger partial charge in [-0.05, 0) is 23.8 Å². The molecule has 0 fully saturated rings. The molecule has 0 spiro atoms. The Balaban J connectivity index is 2.53. The summed E-state index contributed by atoms with van der Waals surface area (Å²) >= 11 is 3.32. The quantitative estimate of drug-likeness (QED) is 0.494. The standard InChI is InChI=1S/C17H10BrNO4/c18-11-6-5-10(9-19)14(7-11)12-3-1-2-4-13(12)15(20)8-16(21)17(22)23/h1-7H,8H2,(H,22,23). The first-order chi connectivity index (χ1) is 10.9. The Morgan fingerprint density at radius 3 is 2.43 bits per heavy atom. The van der Waals surface area contributed by atoms with Crippen LogP contribution < -0.4 is 0 Å². The first-order valence-corrected chi connectivity index (χ1v) is 7.31. The molecule has 0 radical (unpaired) electrons. The summed E-state index contributed by atoms with van der Waals surface area (Å²) in [5.41, 5.74) is 1.59. The van der Waals surface area contributed by atoms with Crippen LogP contribution in [0.5, 0.6) is 0 Å². The van der Waals surface area contributed by atoms with E-state index >= 15 is 0 Å². The maximum absolute atomic E-state index is 12.3. The van der Waals surface area contributed by atoms with E-state index < -0.39 is 24.0 Å². The largest absolute Gasteiger partial charge is 0.475 e. The van der Waals surface area contributed by atoms with E-state index in [2.05, 4.69) is 22.0 Å². The Labute approximate surface area is 140 Å². The molecule has 0 aliphatic heterocycles. The Morgan fingerprint density at radius 1 is 1.09 bits per heavy atom. The number of nitriles is 1. The van der Waals surface area contributed by atoms with Gasteiger partial charge in [-0.3, -0.25) is 9.59 Å². The van der Waals surface area contributed by atoms with Gasteiger partial charge in [-0.1, -0.05) is 40.2 Å². The fraction of sp³-hybridized carbons (Fsp3) is 0.0588. The monoisotopic (exact) mass is 371 g/mol. The topological polar surface area (TPSA) is 95.2 Å². The van der Waals surface area contributed by atoms with E-state index in [-0.39, 0.29) is 5.56 Å². The fourth-order valence-corrected chi connectivity index (χ4v) is 2.48. The minimum absolute atomic E-state index is 0.205. The number of carboxylic acid groups (broad SMARTS) is 1. The van der Waals surface area contributed by atoms with Crippen LogP contribution in [0.1, 0.15) is 22.3 Å². The van der Waals surface area contributed by atoms with Gasteiger partial charge in [0.05, 0.1) is 18.1 Å². The highest BCUT2D eigenvalue weighted by molar-refractivity contribution is 9.10. The molecule has 0 saturated heterocycles. The molecule has 0 saturated carbocycles. The molecule has 2 aromatic carbocycles. The van der Waals surface area contributed by atoms with Gasteiger partial charge in [-0.2, -0.15) is 5.26 Å². The number of halogens is 1. The number of nitrogens with zero attached hydrogens (tertiary/aromatic N) is 1. The minimum Gasteiger partial charge on any atom is -0.475 e. The van der Waals surface area contributed by atoms with Crippen molar-refractivity contribution < 1.29 is 19.5 Å². The summed E-state index contributed by atoms with van der Waals surface area (Å²) in [5, 5.41) is 17.9. The highest BCUT2D eigenvalue weighted by Crippen LogP contribution is 2.30. The van der Waals surface area contributed by atoms with E-state index in [4.69, 9.17) is 5.11 Å². The van der Waals surface area contributed by atoms with Crippen molar-refractivity contribution in [1.82, 2.24) is 0 Å². The molecule has 0 unspecified atom stereocenters. The molecular weight excluding hydrogens is 362 g/mol. The lowest BCUT2D eigenvalue weighted by atomic mass is 9.92. The molecular formula is C17H10BrNO4. The Kier molecular flexibility index (Phi) is 5.04. The molecule has 0 amide bonds. The first-order valence-electron chi connectivity index (χ1n) is 6.52. The predicted octanol–water partition coefficient (Wildman–Crippen LogP) is 3.21. The maximum Gasteiger partial charge on any atom is 0.372 e. The third-order valence-corrected chi connectivity index (χ3v) is 3.67. The van der Waals surface area contributed by atoms with E-state index in [1.165, 1.54) is 6.07 Å². The van der Waals surface area contributed by atoms with Crippen LogP contribution >= 0.6 is 15.9 Å². The molecule has 5 nitrogen and oxygen atoms in total. The zero-order valence-corrected chi connectivity index (χ0v) is 13.3. The number of benzene rings is 2. The van der Waals surface area contributed by atoms with Gasteiger partial charge in [0, 0.05) is 15.6 Å². The van der Waals surface area contributed by atoms with E-state index in [0.717, 1.165) is 4.47 Å². The first kappa shape index (κ1) is 16.6. The molecule has 0 heterocycles. The number of ketones is 2. The summed E-state index contributed by atoms with van der Waals surface area (Å²) in [5.74, 6) is -3.41. The van der Waals surface area contributed by atoms with Gasteiger partial charge in [0.1, 0.15) is 0 Å². The number of Topliss-reactive ketones (excluding diaryl/α,β-unsaturated/α-hetero) is 2. The van der Waals surface area contributed by atoms with Gasteiger partial charge in [-0.25, -0.2) is 4.79 Å². The van der Waals surface area contributed by atoms with Crippen LogP contribution in [0.4, 0.5) is 0 Å². The average molecular weight is 372 g/mol. The maximum atomic E-state index is 12.3. The average Bonchev–Trinajstić information content (AvgIpc) is 2.54. The van der Waals surface area contributed by atoms with Crippen LogP contribution in [0, 0.1) is 11.3 Å². The predicted molar refractivity (Wildman–Crippen MR) is 85.9 cm³/mol. The molecule has 1 N–H and O–H groups in total. The fourth-order valence-electron chi connectivity index (χ4n) is 2.11. The normalized spacial score (nSPS) is 9.91. The number of rotatable bonds is 5. The second-order valence-electron chi connectivity index (χ2n) is 4.68. The molecule has 2 rings (SSSR count). The molecule has 23 heavy (non-hydrogen) atoms. The summed E-state index contributed by atoms with van der Waals surface area (Å²) in [6.07, 6.45) is -0.720. The number of carbonyl (C=O) groups excluding carboxylic acids is 2. The van der Waals surface area contributed by atoms with Crippen molar-refractivity contribution in [1.29, 1.82) is 5.26 Å². The summed E-state index contributed by atoms with van der Waals surface area (Å²) in [6.45, 7) is 0. The SMILES string of the molecule is N#Cc1ccc(Br)cc1-c1ccccc1C(=O)CC(=O)C(=O)O. The van der Waals surface area contributed by atoms with Crippen molar-refractivity contribution in [2.24, 2.45) is 0 Å². The van der Waals surface area contributed by atoms with Gasteiger partial charge < -0.3 is 5.11 Å². The highest BCUT2D eigenvalue weighted by Gasteiger charge is 2.21. The lowest BCUT2D eigenvalue weighted by molar-refractivity contribution is -0.148. The van der Waals surface area contributed by atoms with Gasteiger partial charge in [0.2, 0.25) is 5.78 Å². The van der Waals surface area contributed by atoms with Crippen LogP contribution in [0.3, 0.4) is 0 Å². The Bertz CT molecular complexity index is 852. The lowest BCUT2D eigenvalue weighted by Crippen LogP contribution is -2.17. The third kappa shape index (κ3) is 3.71. The van der Waals surface area contributed by atoms with Crippen molar-refractivity contribution in [2.45, 2.75) is 6.42 Å². The zero-order chi connectivity index (χ0) is 17.0.